The van der Waals surface area contributed by atoms with Gasteiger partial charge in [-0.15, -0.1) is 0 Å². The second-order valence-corrected chi connectivity index (χ2v) is 4.33. The van der Waals surface area contributed by atoms with Gasteiger partial charge in [-0.3, -0.25) is 4.79 Å². The third-order valence-electron chi connectivity index (χ3n) is 2.39. The summed E-state index contributed by atoms with van der Waals surface area (Å²) in [5, 5.41) is 0.735. The maximum atomic E-state index is 12.2. The fourth-order valence-electron chi connectivity index (χ4n) is 1.50. The van der Waals surface area contributed by atoms with E-state index < -0.39 is 0 Å². The maximum Gasteiger partial charge on any atom is 0.215 e. The van der Waals surface area contributed by atoms with Crippen LogP contribution >= 0.6 is 23.2 Å². The van der Waals surface area contributed by atoms with Gasteiger partial charge in [0.2, 0.25) is 5.78 Å². The van der Waals surface area contributed by atoms with Crippen LogP contribution in [0.4, 0.5) is 0 Å². The summed E-state index contributed by atoms with van der Waals surface area (Å²) in [4.78, 5) is 16.3. The summed E-state index contributed by atoms with van der Waals surface area (Å²) in [6.07, 6.45) is 1.53. The largest absolute Gasteiger partial charge is 0.494 e. The van der Waals surface area contributed by atoms with Crippen molar-refractivity contribution in [2.75, 3.05) is 7.11 Å². The summed E-state index contributed by atoms with van der Waals surface area (Å²) in [5.74, 6) is 0.166. The summed E-state index contributed by atoms with van der Waals surface area (Å²) in [5.41, 5.74) is 0.666. The first-order valence-corrected chi connectivity index (χ1v) is 5.88. The molecule has 1 aromatic heterocycles. The van der Waals surface area contributed by atoms with Crippen LogP contribution in [0.1, 0.15) is 16.1 Å². The predicted octanol–water partition coefficient (Wildman–Crippen LogP) is 3.63. The Labute approximate surface area is 114 Å². The number of nitrogens with zero attached hydrogens (tertiary/aromatic N) is 1. The number of rotatable bonds is 3. The van der Waals surface area contributed by atoms with Crippen LogP contribution in [0.5, 0.6) is 5.75 Å². The Balaban J connectivity index is 2.44. The lowest BCUT2D eigenvalue weighted by molar-refractivity contribution is 0.103. The van der Waals surface area contributed by atoms with E-state index in [1.165, 1.54) is 19.4 Å². The Morgan fingerprint density at radius 2 is 2.00 bits per heavy atom. The van der Waals surface area contributed by atoms with Gasteiger partial charge in [-0.25, -0.2) is 4.98 Å². The van der Waals surface area contributed by atoms with E-state index in [0.29, 0.717) is 21.4 Å². The Morgan fingerprint density at radius 3 is 2.67 bits per heavy atom. The second-order valence-electron chi connectivity index (χ2n) is 3.51. The molecule has 0 amide bonds. The van der Waals surface area contributed by atoms with Crippen molar-refractivity contribution < 1.29 is 9.53 Å². The third kappa shape index (κ3) is 2.47. The molecule has 3 nitrogen and oxygen atoms in total. The molecular weight excluding hydrogens is 273 g/mol. The van der Waals surface area contributed by atoms with Gasteiger partial charge in [0.25, 0.3) is 0 Å². The zero-order valence-corrected chi connectivity index (χ0v) is 11.0. The van der Waals surface area contributed by atoms with E-state index in [9.17, 15) is 4.79 Å². The van der Waals surface area contributed by atoms with Crippen molar-refractivity contribution in [2.45, 2.75) is 0 Å². The van der Waals surface area contributed by atoms with Gasteiger partial charge in [0.1, 0.15) is 5.75 Å². The molecule has 0 unspecified atom stereocenters. The van der Waals surface area contributed by atoms with Crippen molar-refractivity contribution in [1.82, 2.24) is 4.98 Å². The van der Waals surface area contributed by atoms with E-state index in [1.807, 2.05) is 0 Å². The molecule has 0 radical (unpaired) electrons. The maximum absolute atomic E-state index is 12.2. The highest BCUT2D eigenvalue weighted by Crippen LogP contribution is 2.25. The van der Waals surface area contributed by atoms with Gasteiger partial charge < -0.3 is 4.74 Å². The molecule has 1 aromatic carbocycles. The minimum Gasteiger partial charge on any atom is -0.494 e. The molecule has 5 heteroatoms. The Bertz CT molecular complexity index is 599. The van der Waals surface area contributed by atoms with E-state index in [2.05, 4.69) is 4.98 Å². The lowest BCUT2D eigenvalue weighted by Gasteiger charge is -2.06. The summed E-state index contributed by atoms with van der Waals surface area (Å²) in [6.45, 7) is 0. The second kappa shape index (κ2) is 5.38. The quantitative estimate of drug-likeness (QED) is 0.807. The minimum atomic E-state index is -0.258. The van der Waals surface area contributed by atoms with Crippen LogP contribution in [0.3, 0.4) is 0 Å². The lowest BCUT2D eigenvalue weighted by Crippen LogP contribution is -2.06. The van der Waals surface area contributed by atoms with E-state index in [0.717, 1.165) is 0 Å². The molecule has 2 rings (SSSR count). The highest BCUT2D eigenvalue weighted by Gasteiger charge is 2.16. The molecule has 0 saturated carbocycles. The third-order valence-corrected chi connectivity index (χ3v) is 3.13. The molecule has 2 aromatic rings. The first kappa shape index (κ1) is 12.9. The first-order chi connectivity index (χ1) is 8.63. The Kier molecular flexibility index (Phi) is 3.84. The average molecular weight is 282 g/mol. The van der Waals surface area contributed by atoms with Crippen LogP contribution in [0.25, 0.3) is 0 Å². The summed E-state index contributed by atoms with van der Waals surface area (Å²) in [6, 6.07) is 8.07. The zero-order chi connectivity index (χ0) is 13.1. The molecule has 1 heterocycles. The summed E-state index contributed by atoms with van der Waals surface area (Å²) >= 11 is 11.7. The number of methoxy groups -OCH3 is 1. The van der Waals surface area contributed by atoms with Crippen molar-refractivity contribution >= 4 is 29.0 Å². The van der Waals surface area contributed by atoms with Gasteiger partial charge in [-0.2, -0.15) is 0 Å². The fourth-order valence-corrected chi connectivity index (χ4v) is 1.80. The number of halogens is 2. The highest BCUT2D eigenvalue weighted by atomic mass is 35.5. The van der Waals surface area contributed by atoms with Gasteiger partial charge in [0.15, 0.2) is 5.69 Å². The SMILES string of the molecule is COc1cccnc1C(=O)c1ccc(Cl)c(Cl)c1. The van der Waals surface area contributed by atoms with Crippen molar-refractivity contribution in [1.29, 1.82) is 0 Å². The molecule has 0 fully saturated rings. The predicted molar refractivity (Wildman–Crippen MR) is 70.7 cm³/mol. The molecule has 18 heavy (non-hydrogen) atoms. The number of ketones is 1. The van der Waals surface area contributed by atoms with Gasteiger partial charge in [-0.05, 0) is 30.3 Å². The van der Waals surface area contributed by atoms with Crippen LogP contribution < -0.4 is 4.74 Å². The Hall–Kier alpha value is -1.58. The summed E-state index contributed by atoms with van der Waals surface area (Å²) in [7, 11) is 1.49. The van der Waals surface area contributed by atoms with Gasteiger partial charge in [-0.1, -0.05) is 23.2 Å². The molecule has 0 aliphatic carbocycles. The molecule has 92 valence electrons. The van der Waals surface area contributed by atoms with Crippen LogP contribution in [0, 0.1) is 0 Å². The number of carbonyl (C=O) groups is 1. The first-order valence-electron chi connectivity index (χ1n) is 5.12. The van der Waals surface area contributed by atoms with Gasteiger partial charge >= 0.3 is 0 Å². The van der Waals surface area contributed by atoms with Crippen molar-refractivity contribution in [3.63, 3.8) is 0 Å². The molecule has 0 spiro atoms. The molecule has 0 N–H and O–H groups in total. The van der Waals surface area contributed by atoms with Crippen molar-refractivity contribution in [3.8, 4) is 5.75 Å². The van der Waals surface area contributed by atoms with Crippen molar-refractivity contribution in [2.24, 2.45) is 0 Å². The number of pyridine rings is 1. The van der Waals surface area contributed by atoms with Crippen LogP contribution in [0.15, 0.2) is 36.5 Å². The number of hydrogen-bond acceptors (Lipinski definition) is 3. The smallest absolute Gasteiger partial charge is 0.215 e. The number of benzene rings is 1. The number of ether oxygens (including phenoxy) is 1. The molecule has 0 atom stereocenters. The fraction of sp³-hybridized carbons (Fsp3) is 0.0769. The number of aromatic nitrogens is 1. The van der Waals surface area contributed by atoms with E-state index >= 15 is 0 Å². The lowest BCUT2D eigenvalue weighted by atomic mass is 10.1. The monoisotopic (exact) mass is 281 g/mol. The molecule has 0 bridgehead atoms. The van der Waals surface area contributed by atoms with Gasteiger partial charge in [0, 0.05) is 11.8 Å². The average Bonchev–Trinajstić information content (AvgIpc) is 2.41. The molecule has 0 saturated heterocycles. The molecule has 0 aliphatic heterocycles. The van der Waals surface area contributed by atoms with Crippen LogP contribution in [-0.4, -0.2) is 17.9 Å². The highest BCUT2D eigenvalue weighted by molar-refractivity contribution is 6.42. The van der Waals surface area contributed by atoms with E-state index in [1.54, 1.807) is 24.3 Å². The molecule has 0 aliphatic rings. The van der Waals surface area contributed by atoms with Crippen LogP contribution in [0.2, 0.25) is 10.0 Å². The number of carbonyl (C=O) groups excluding carboxylic acids is 1. The van der Waals surface area contributed by atoms with E-state index in [-0.39, 0.29) is 11.5 Å². The summed E-state index contributed by atoms with van der Waals surface area (Å²) < 4.78 is 5.10. The minimum absolute atomic E-state index is 0.249. The zero-order valence-electron chi connectivity index (χ0n) is 9.48. The van der Waals surface area contributed by atoms with E-state index in [4.69, 9.17) is 27.9 Å². The standard InChI is InChI=1S/C13H9Cl2NO2/c1-18-11-3-2-6-16-12(11)13(17)8-4-5-9(14)10(15)7-8/h2-7H,1H3. The normalized spacial score (nSPS) is 10.2. The number of hydrogen-bond donors (Lipinski definition) is 0. The van der Waals surface area contributed by atoms with Gasteiger partial charge in [0.05, 0.1) is 17.2 Å². The molecular formula is C13H9Cl2NO2. The Morgan fingerprint density at radius 1 is 1.22 bits per heavy atom. The van der Waals surface area contributed by atoms with Crippen molar-refractivity contribution in [3.05, 3.63) is 57.8 Å². The van der Waals surface area contributed by atoms with Crippen LogP contribution in [-0.2, 0) is 0 Å². The topological polar surface area (TPSA) is 39.2 Å².